The number of para-hydroxylation sites is 2. The van der Waals surface area contributed by atoms with Crippen LogP contribution in [0.15, 0.2) is 205 Å². The van der Waals surface area contributed by atoms with Crippen molar-refractivity contribution in [3.63, 3.8) is 0 Å². The van der Waals surface area contributed by atoms with Crippen LogP contribution in [-0.4, -0.2) is 4.98 Å². The molecule has 1 aliphatic rings. The van der Waals surface area contributed by atoms with Crippen LogP contribution in [0.4, 0.5) is 0 Å². The summed E-state index contributed by atoms with van der Waals surface area (Å²) < 4.78 is 6.35. The monoisotopic (exact) mass is 747 g/mol. The SMILES string of the molecule is c1ccc2c(c1)-c1cccc3c(-c4cccc(-c5ccc6oc7ccccc7c6c5)c4-c4c5ccccc5c(-c5ccnc6ccccc56)c5ccccc45)ccc-2c13. The van der Waals surface area contributed by atoms with Crippen molar-refractivity contribution in [2.45, 2.75) is 0 Å². The van der Waals surface area contributed by atoms with Crippen LogP contribution in [0.2, 0.25) is 0 Å². The van der Waals surface area contributed by atoms with E-state index in [1.807, 2.05) is 12.3 Å². The topological polar surface area (TPSA) is 26.0 Å². The van der Waals surface area contributed by atoms with Crippen molar-refractivity contribution in [2.75, 3.05) is 0 Å². The fraction of sp³-hybridized carbons (Fsp3) is 0. The third kappa shape index (κ3) is 4.60. The largest absolute Gasteiger partial charge is 0.456 e. The zero-order chi connectivity index (χ0) is 38.6. The molecule has 59 heavy (non-hydrogen) atoms. The lowest BCUT2D eigenvalue weighted by Crippen LogP contribution is -1.96. The van der Waals surface area contributed by atoms with Crippen molar-refractivity contribution in [1.82, 2.24) is 4.98 Å². The molecule has 0 aliphatic heterocycles. The molecular formula is C57H33NO. The molecular weight excluding hydrogens is 715 g/mol. The number of pyridine rings is 1. The zero-order valence-electron chi connectivity index (χ0n) is 31.9. The van der Waals surface area contributed by atoms with Gasteiger partial charge < -0.3 is 4.42 Å². The number of hydrogen-bond acceptors (Lipinski definition) is 2. The van der Waals surface area contributed by atoms with E-state index in [0.717, 1.165) is 38.4 Å². The number of benzene rings is 10. The van der Waals surface area contributed by atoms with E-state index in [1.165, 1.54) is 93.5 Å². The molecule has 0 amide bonds. The van der Waals surface area contributed by atoms with Gasteiger partial charge in [-0.05, 0) is 129 Å². The van der Waals surface area contributed by atoms with Gasteiger partial charge in [0, 0.05) is 22.4 Å². The maximum absolute atomic E-state index is 6.35. The normalized spacial score (nSPS) is 12.1. The summed E-state index contributed by atoms with van der Waals surface area (Å²) in [5.41, 5.74) is 17.6. The van der Waals surface area contributed by atoms with E-state index in [0.29, 0.717) is 0 Å². The first kappa shape index (κ1) is 32.3. The molecule has 2 nitrogen and oxygen atoms in total. The van der Waals surface area contributed by atoms with Gasteiger partial charge in [0.05, 0.1) is 5.52 Å². The molecule has 0 atom stereocenters. The lowest BCUT2D eigenvalue weighted by Gasteiger charge is -2.23. The molecule has 0 saturated heterocycles. The Morgan fingerprint density at radius 3 is 1.61 bits per heavy atom. The van der Waals surface area contributed by atoms with Crippen molar-refractivity contribution >= 4 is 65.2 Å². The number of nitrogens with zero attached hydrogens (tertiary/aromatic N) is 1. The van der Waals surface area contributed by atoms with E-state index in [9.17, 15) is 0 Å². The molecule has 0 radical (unpaired) electrons. The smallest absolute Gasteiger partial charge is 0.135 e. The first-order valence-electron chi connectivity index (χ1n) is 20.3. The minimum atomic E-state index is 0.893. The second-order valence-corrected chi connectivity index (χ2v) is 15.7. The van der Waals surface area contributed by atoms with E-state index in [-0.39, 0.29) is 0 Å². The van der Waals surface area contributed by atoms with Gasteiger partial charge in [0.1, 0.15) is 11.2 Å². The molecule has 272 valence electrons. The van der Waals surface area contributed by atoms with Crippen molar-refractivity contribution < 1.29 is 4.42 Å². The molecule has 0 unspecified atom stereocenters. The molecule has 2 heterocycles. The quantitative estimate of drug-likeness (QED) is 0.168. The second-order valence-electron chi connectivity index (χ2n) is 15.7. The van der Waals surface area contributed by atoms with E-state index in [2.05, 4.69) is 188 Å². The van der Waals surface area contributed by atoms with E-state index in [4.69, 9.17) is 9.40 Å². The van der Waals surface area contributed by atoms with Gasteiger partial charge in [-0.3, -0.25) is 4.98 Å². The average molecular weight is 748 g/mol. The molecule has 0 saturated carbocycles. The summed E-state index contributed by atoms with van der Waals surface area (Å²) in [6, 6.07) is 71.0. The molecule has 0 N–H and O–H groups in total. The van der Waals surface area contributed by atoms with Gasteiger partial charge in [-0.15, -0.1) is 0 Å². The van der Waals surface area contributed by atoms with Crippen LogP contribution in [0.3, 0.4) is 0 Å². The van der Waals surface area contributed by atoms with Gasteiger partial charge in [0.15, 0.2) is 0 Å². The highest BCUT2D eigenvalue weighted by molar-refractivity contribution is 6.27. The van der Waals surface area contributed by atoms with Crippen LogP contribution in [0, 0.1) is 0 Å². The standard InChI is InChI=1S/C57H33NO/c1-2-14-37-36(13-1)41-22-12-23-42-38(28-29-48(37)54(41)42)43-24-11-21-35(34-27-30-53-50(33-34)40-16-8-10-26-52(40)59-53)56(43)57-46-19-5-3-17-44(46)55(45-18-4-6-20-47(45)57)49-31-32-58-51-25-9-7-15-39(49)51/h1-33H. The maximum atomic E-state index is 6.35. The van der Waals surface area contributed by atoms with E-state index in [1.54, 1.807) is 0 Å². The van der Waals surface area contributed by atoms with Gasteiger partial charge in [0.2, 0.25) is 0 Å². The predicted octanol–water partition coefficient (Wildman–Crippen LogP) is 15.9. The van der Waals surface area contributed by atoms with Gasteiger partial charge in [-0.25, -0.2) is 0 Å². The maximum Gasteiger partial charge on any atom is 0.135 e. The number of rotatable bonds is 4. The minimum Gasteiger partial charge on any atom is -0.456 e. The molecule has 0 fully saturated rings. The Hall–Kier alpha value is -7.81. The molecule has 1 aliphatic carbocycles. The van der Waals surface area contributed by atoms with Crippen LogP contribution in [0.25, 0.3) is 132 Å². The van der Waals surface area contributed by atoms with Crippen LogP contribution in [0.5, 0.6) is 0 Å². The third-order valence-corrected chi connectivity index (χ3v) is 12.7. The van der Waals surface area contributed by atoms with Gasteiger partial charge in [-0.2, -0.15) is 0 Å². The first-order valence-corrected chi connectivity index (χ1v) is 20.3. The summed E-state index contributed by atoms with van der Waals surface area (Å²) in [6.45, 7) is 0. The summed E-state index contributed by atoms with van der Waals surface area (Å²) in [6.07, 6.45) is 1.95. The van der Waals surface area contributed by atoms with Crippen molar-refractivity contribution in [3.05, 3.63) is 200 Å². The number of aromatic nitrogens is 1. The van der Waals surface area contributed by atoms with E-state index < -0.39 is 0 Å². The van der Waals surface area contributed by atoms with Gasteiger partial charge >= 0.3 is 0 Å². The summed E-state index contributed by atoms with van der Waals surface area (Å²) in [5.74, 6) is 0. The highest BCUT2D eigenvalue weighted by Gasteiger charge is 2.26. The first-order chi connectivity index (χ1) is 29.3. The Labute approximate surface area is 340 Å². The molecule has 12 aromatic rings. The minimum absolute atomic E-state index is 0.893. The van der Waals surface area contributed by atoms with Crippen molar-refractivity contribution in [3.8, 4) is 66.8 Å². The Kier molecular flexibility index (Phi) is 6.76. The number of furan rings is 1. The summed E-state index contributed by atoms with van der Waals surface area (Å²) in [7, 11) is 0. The van der Waals surface area contributed by atoms with E-state index >= 15 is 0 Å². The summed E-state index contributed by atoms with van der Waals surface area (Å²) >= 11 is 0. The lowest BCUT2D eigenvalue weighted by molar-refractivity contribution is 0.669. The molecule has 2 aromatic heterocycles. The fourth-order valence-corrected chi connectivity index (χ4v) is 10.2. The second kappa shape index (κ2) is 12.3. The highest BCUT2D eigenvalue weighted by atomic mass is 16.3. The predicted molar refractivity (Wildman–Crippen MR) is 248 cm³/mol. The Morgan fingerprint density at radius 2 is 0.831 bits per heavy atom. The summed E-state index contributed by atoms with van der Waals surface area (Å²) in [5, 5.41) is 10.8. The van der Waals surface area contributed by atoms with Crippen molar-refractivity contribution in [2.24, 2.45) is 0 Å². The number of hydrogen-bond donors (Lipinski definition) is 0. The summed E-state index contributed by atoms with van der Waals surface area (Å²) in [4.78, 5) is 4.77. The zero-order valence-corrected chi connectivity index (χ0v) is 31.9. The molecule has 0 spiro atoms. The Morgan fingerprint density at radius 1 is 0.288 bits per heavy atom. The average Bonchev–Trinajstić information content (AvgIpc) is 3.84. The molecule has 13 rings (SSSR count). The Balaban J connectivity index is 1.18. The van der Waals surface area contributed by atoms with Crippen LogP contribution in [0.1, 0.15) is 0 Å². The fourth-order valence-electron chi connectivity index (χ4n) is 10.2. The highest BCUT2D eigenvalue weighted by Crippen LogP contribution is 2.54. The van der Waals surface area contributed by atoms with Crippen molar-refractivity contribution in [1.29, 1.82) is 0 Å². The number of fused-ring (bicyclic) bond motifs is 9. The van der Waals surface area contributed by atoms with Crippen LogP contribution >= 0.6 is 0 Å². The molecule has 0 bridgehead atoms. The Bertz CT molecular complexity index is 3650. The lowest BCUT2D eigenvalue weighted by atomic mass is 9.80. The molecule has 2 heteroatoms. The molecule has 10 aromatic carbocycles. The van der Waals surface area contributed by atoms with Crippen LogP contribution in [-0.2, 0) is 0 Å². The van der Waals surface area contributed by atoms with Crippen LogP contribution < -0.4 is 0 Å². The van der Waals surface area contributed by atoms with Gasteiger partial charge in [0.25, 0.3) is 0 Å². The van der Waals surface area contributed by atoms with Gasteiger partial charge in [-0.1, -0.05) is 164 Å². The third-order valence-electron chi connectivity index (χ3n) is 12.7.